The summed E-state index contributed by atoms with van der Waals surface area (Å²) in [7, 11) is -1.11. The quantitative estimate of drug-likeness (QED) is 0.533. The standard InChI is InChI=1S/C20H32NO5Si/c1-19(2,3)13-9-10-14(16(11-13)26-27(7)8)17(22)15(21-18(23)24)12-25-20(4,5)6/h9-11,15,21H,12H2,1-8H3,(H,23,24)/t15-/m0/s1. The van der Waals surface area contributed by atoms with Crippen LogP contribution in [0.15, 0.2) is 18.2 Å². The van der Waals surface area contributed by atoms with Gasteiger partial charge in [0.1, 0.15) is 11.8 Å². The molecule has 0 aliphatic rings. The molecule has 151 valence electrons. The van der Waals surface area contributed by atoms with Gasteiger partial charge in [-0.2, -0.15) is 0 Å². The van der Waals surface area contributed by atoms with Gasteiger partial charge >= 0.3 is 6.09 Å². The van der Waals surface area contributed by atoms with Crippen LogP contribution in [0.3, 0.4) is 0 Å². The molecule has 1 atom stereocenters. The minimum absolute atomic E-state index is 0.0504. The maximum atomic E-state index is 13.1. The zero-order valence-electron chi connectivity index (χ0n) is 17.6. The SMILES string of the molecule is C[Si](C)Oc1cc(C(C)(C)C)ccc1C(=O)[C@H](COC(C)(C)C)NC(=O)O. The minimum Gasteiger partial charge on any atom is -0.542 e. The van der Waals surface area contributed by atoms with Gasteiger partial charge in [0.2, 0.25) is 0 Å². The summed E-state index contributed by atoms with van der Waals surface area (Å²) < 4.78 is 11.6. The Morgan fingerprint density at radius 2 is 1.74 bits per heavy atom. The second-order valence-corrected chi connectivity index (χ2v) is 10.8. The first kappa shape index (κ1) is 23.2. The number of Topliss-reactive ketones (excluding diaryl/α,β-unsaturated/α-hetero) is 1. The average molecular weight is 395 g/mol. The summed E-state index contributed by atoms with van der Waals surface area (Å²) in [4.78, 5) is 24.3. The van der Waals surface area contributed by atoms with E-state index in [9.17, 15) is 9.59 Å². The molecule has 0 aliphatic carbocycles. The van der Waals surface area contributed by atoms with Crippen LogP contribution >= 0.6 is 0 Å². The molecule has 1 aromatic carbocycles. The Hall–Kier alpha value is -1.86. The van der Waals surface area contributed by atoms with Crippen LogP contribution in [-0.2, 0) is 10.2 Å². The molecule has 0 aromatic heterocycles. The largest absolute Gasteiger partial charge is 0.542 e. The number of hydrogen-bond acceptors (Lipinski definition) is 4. The highest BCUT2D eigenvalue weighted by molar-refractivity contribution is 6.49. The second kappa shape index (κ2) is 8.88. The molecule has 0 aliphatic heterocycles. The van der Waals surface area contributed by atoms with E-state index in [4.69, 9.17) is 14.3 Å². The lowest BCUT2D eigenvalue weighted by atomic mass is 9.86. The summed E-state index contributed by atoms with van der Waals surface area (Å²) in [5.74, 6) is 0.139. The fraction of sp³-hybridized carbons (Fsp3) is 0.600. The molecule has 2 N–H and O–H groups in total. The molecule has 27 heavy (non-hydrogen) atoms. The lowest BCUT2D eigenvalue weighted by Gasteiger charge is -2.25. The minimum atomic E-state index is -1.27. The van der Waals surface area contributed by atoms with Crippen molar-refractivity contribution in [3.05, 3.63) is 29.3 Å². The van der Waals surface area contributed by atoms with Gasteiger partial charge in [0.05, 0.1) is 17.8 Å². The van der Waals surface area contributed by atoms with Gasteiger partial charge in [-0.25, -0.2) is 4.79 Å². The van der Waals surface area contributed by atoms with E-state index >= 15 is 0 Å². The van der Waals surface area contributed by atoms with Crippen LogP contribution < -0.4 is 9.74 Å². The molecule has 1 radical (unpaired) electrons. The molecule has 0 spiro atoms. The van der Waals surface area contributed by atoms with Crippen molar-refractivity contribution in [3.63, 3.8) is 0 Å². The van der Waals surface area contributed by atoms with Gasteiger partial charge in [-0.15, -0.1) is 0 Å². The van der Waals surface area contributed by atoms with E-state index < -0.39 is 26.8 Å². The average Bonchev–Trinajstić information content (AvgIpc) is 2.48. The van der Waals surface area contributed by atoms with Crippen molar-refractivity contribution in [3.8, 4) is 5.75 Å². The summed E-state index contributed by atoms with van der Waals surface area (Å²) >= 11 is 0. The number of ketones is 1. The van der Waals surface area contributed by atoms with E-state index in [-0.39, 0.29) is 17.8 Å². The molecule has 0 fully saturated rings. The zero-order valence-corrected chi connectivity index (χ0v) is 18.6. The third-order valence-corrected chi connectivity index (χ3v) is 4.35. The molecule has 0 bridgehead atoms. The molecule has 0 unspecified atom stereocenters. The first-order valence-electron chi connectivity index (χ1n) is 9.01. The number of carbonyl (C=O) groups excluding carboxylic acids is 1. The lowest BCUT2D eigenvalue weighted by molar-refractivity contribution is -0.0113. The number of nitrogens with one attached hydrogen (secondary N) is 1. The Morgan fingerprint density at radius 3 is 2.19 bits per heavy atom. The molecule has 0 saturated carbocycles. The Morgan fingerprint density at radius 1 is 1.15 bits per heavy atom. The maximum Gasteiger partial charge on any atom is 0.405 e. The summed E-state index contributed by atoms with van der Waals surface area (Å²) in [6, 6.07) is 4.48. The molecular weight excluding hydrogens is 362 g/mol. The van der Waals surface area contributed by atoms with Crippen LogP contribution in [0.4, 0.5) is 4.79 Å². The normalized spacial score (nSPS) is 13.4. The number of ether oxygens (including phenoxy) is 1. The third kappa shape index (κ3) is 7.72. The van der Waals surface area contributed by atoms with Crippen LogP contribution in [0, 0.1) is 0 Å². The van der Waals surface area contributed by atoms with Gasteiger partial charge in [0, 0.05) is 0 Å². The second-order valence-electron chi connectivity index (χ2n) is 8.76. The van der Waals surface area contributed by atoms with Crippen molar-refractivity contribution in [2.45, 2.75) is 71.7 Å². The van der Waals surface area contributed by atoms with Crippen molar-refractivity contribution in [1.82, 2.24) is 5.32 Å². The fourth-order valence-electron chi connectivity index (χ4n) is 2.35. The van der Waals surface area contributed by atoms with Gasteiger partial charge < -0.3 is 19.6 Å². The number of rotatable bonds is 7. The smallest absolute Gasteiger partial charge is 0.405 e. The first-order valence-corrected chi connectivity index (χ1v) is 11.4. The summed E-state index contributed by atoms with van der Waals surface area (Å²) in [6.45, 7) is 15.7. The number of benzene rings is 1. The number of carboxylic acid groups (broad SMARTS) is 1. The zero-order chi connectivity index (χ0) is 21.0. The highest BCUT2D eigenvalue weighted by atomic mass is 28.3. The Kier molecular flexibility index (Phi) is 7.63. The van der Waals surface area contributed by atoms with Crippen molar-refractivity contribution in [2.24, 2.45) is 0 Å². The van der Waals surface area contributed by atoms with Gasteiger partial charge in [0.15, 0.2) is 5.78 Å². The monoisotopic (exact) mass is 394 g/mol. The van der Waals surface area contributed by atoms with Crippen molar-refractivity contribution in [2.75, 3.05) is 6.61 Å². The van der Waals surface area contributed by atoms with Crippen LogP contribution in [-0.4, -0.2) is 44.3 Å². The van der Waals surface area contributed by atoms with Crippen LogP contribution in [0.25, 0.3) is 0 Å². The molecule has 1 aromatic rings. The Balaban J connectivity index is 3.27. The Bertz CT molecular complexity index is 674. The van der Waals surface area contributed by atoms with Gasteiger partial charge in [0.25, 0.3) is 9.04 Å². The lowest BCUT2D eigenvalue weighted by Crippen LogP contribution is -2.45. The maximum absolute atomic E-state index is 13.1. The van der Waals surface area contributed by atoms with Crippen LogP contribution in [0.2, 0.25) is 13.1 Å². The van der Waals surface area contributed by atoms with Crippen LogP contribution in [0.1, 0.15) is 57.5 Å². The van der Waals surface area contributed by atoms with Crippen molar-refractivity contribution in [1.29, 1.82) is 0 Å². The number of carbonyl (C=O) groups is 2. The predicted octanol–water partition coefficient (Wildman–Crippen LogP) is 4.25. The van der Waals surface area contributed by atoms with Gasteiger partial charge in [-0.3, -0.25) is 4.79 Å². The Labute approximate surface area is 164 Å². The van der Waals surface area contributed by atoms with Crippen LogP contribution in [0.5, 0.6) is 5.75 Å². The van der Waals surface area contributed by atoms with E-state index in [2.05, 4.69) is 26.1 Å². The summed E-state index contributed by atoms with van der Waals surface area (Å²) in [6.07, 6.45) is -1.27. The molecule has 7 heteroatoms. The van der Waals surface area contributed by atoms with Gasteiger partial charge in [-0.05, 0) is 57.0 Å². The first-order chi connectivity index (χ1) is 12.2. The van der Waals surface area contributed by atoms with E-state index in [1.165, 1.54) is 0 Å². The van der Waals surface area contributed by atoms with E-state index in [1.807, 2.05) is 46.0 Å². The van der Waals surface area contributed by atoms with Gasteiger partial charge in [-0.1, -0.05) is 26.8 Å². The van der Waals surface area contributed by atoms with Crippen molar-refractivity contribution >= 4 is 20.9 Å². The molecule has 6 nitrogen and oxygen atoms in total. The van der Waals surface area contributed by atoms with E-state index in [1.54, 1.807) is 6.07 Å². The topological polar surface area (TPSA) is 84.9 Å². The number of hydrogen-bond donors (Lipinski definition) is 2. The van der Waals surface area contributed by atoms with E-state index in [0.717, 1.165) is 5.56 Å². The van der Waals surface area contributed by atoms with E-state index in [0.29, 0.717) is 11.3 Å². The van der Waals surface area contributed by atoms with Crippen molar-refractivity contribution < 1.29 is 23.9 Å². The number of amides is 1. The highest BCUT2D eigenvalue weighted by Gasteiger charge is 2.28. The molecule has 0 heterocycles. The third-order valence-electron chi connectivity index (χ3n) is 3.72. The summed E-state index contributed by atoms with van der Waals surface area (Å²) in [5, 5.41) is 11.4. The molecule has 1 rings (SSSR count). The summed E-state index contributed by atoms with van der Waals surface area (Å²) in [5.41, 5.74) is 0.829. The highest BCUT2D eigenvalue weighted by Crippen LogP contribution is 2.30. The molecule has 0 saturated heterocycles. The predicted molar refractivity (Wildman–Crippen MR) is 108 cm³/mol. The fourth-order valence-corrected chi connectivity index (χ4v) is 2.96. The molecular formula is C20H32NO5Si. The molecule has 1 amide bonds.